The Morgan fingerprint density at radius 2 is 1.77 bits per heavy atom. The quantitative estimate of drug-likeness (QED) is 0.633. The summed E-state index contributed by atoms with van der Waals surface area (Å²) in [7, 11) is 0.475. The molecule has 0 bridgehead atoms. The van der Waals surface area contributed by atoms with Crippen molar-refractivity contribution in [3.05, 3.63) is 41.1 Å². The van der Waals surface area contributed by atoms with E-state index in [1.807, 2.05) is 0 Å². The van der Waals surface area contributed by atoms with E-state index in [1.165, 1.54) is 19.0 Å². The van der Waals surface area contributed by atoms with Crippen LogP contribution in [0.15, 0.2) is 18.3 Å². The molecule has 1 aromatic carbocycles. The van der Waals surface area contributed by atoms with Crippen LogP contribution >= 0.6 is 0 Å². The summed E-state index contributed by atoms with van der Waals surface area (Å²) in [5.41, 5.74) is -2.63. The molecule has 0 spiro atoms. The number of anilines is 1. The zero-order valence-corrected chi connectivity index (χ0v) is 13.9. The summed E-state index contributed by atoms with van der Waals surface area (Å²) in [6.45, 7) is 1.02. The van der Waals surface area contributed by atoms with Gasteiger partial charge in [0, 0.05) is 25.8 Å². The molecule has 2 rings (SSSR count). The van der Waals surface area contributed by atoms with Crippen LogP contribution in [0.5, 0.6) is 11.6 Å². The van der Waals surface area contributed by atoms with Crippen molar-refractivity contribution in [2.75, 3.05) is 19.0 Å². The number of halogens is 5. The van der Waals surface area contributed by atoms with Crippen molar-refractivity contribution in [1.29, 1.82) is 0 Å². The number of pyridine rings is 1. The molecule has 0 saturated heterocycles. The molecule has 0 aliphatic heterocycles. The summed E-state index contributed by atoms with van der Waals surface area (Å²) in [6, 6.07) is 1.82. The van der Waals surface area contributed by atoms with E-state index in [9.17, 15) is 32.0 Å². The van der Waals surface area contributed by atoms with E-state index >= 15 is 0 Å². The fourth-order valence-corrected chi connectivity index (χ4v) is 2.39. The Morgan fingerprint density at radius 3 is 2.27 bits per heavy atom. The van der Waals surface area contributed by atoms with Crippen LogP contribution in [0.1, 0.15) is 11.1 Å². The van der Waals surface area contributed by atoms with E-state index in [1.54, 1.807) is 0 Å². The zero-order valence-electron chi connectivity index (χ0n) is 13.9. The molecule has 0 aliphatic rings. The second-order valence-corrected chi connectivity index (χ2v) is 5.59. The number of ether oxygens (including phenoxy) is 1. The van der Waals surface area contributed by atoms with Gasteiger partial charge in [-0.1, -0.05) is 0 Å². The number of alkyl halides is 3. The monoisotopic (exact) mass is 376 g/mol. The Balaban J connectivity index is 2.62. The van der Waals surface area contributed by atoms with Crippen molar-refractivity contribution in [1.82, 2.24) is 4.98 Å². The highest BCUT2D eigenvalue weighted by molar-refractivity contribution is 6.60. The van der Waals surface area contributed by atoms with E-state index in [0.29, 0.717) is 6.20 Å². The molecule has 26 heavy (non-hydrogen) atoms. The van der Waals surface area contributed by atoms with Crippen LogP contribution in [0.25, 0.3) is 0 Å². The Kier molecular flexibility index (Phi) is 5.43. The number of nitrogens with zero attached hydrogens (tertiary/aromatic N) is 2. The van der Waals surface area contributed by atoms with Crippen LogP contribution in [0, 0.1) is 18.6 Å². The van der Waals surface area contributed by atoms with Crippen LogP contribution < -0.4 is 15.1 Å². The molecule has 0 saturated carbocycles. The van der Waals surface area contributed by atoms with Crippen LogP contribution in [0.3, 0.4) is 0 Å². The first-order chi connectivity index (χ1) is 11.9. The summed E-state index contributed by atoms with van der Waals surface area (Å²) in [5.74, 6) is -3.22. The van der Waals surface area contributed by atoms with Gasteiger partial charge in [-0.3, -0.25) is 0 Å². The molecule has 1 heterocycles. The van der Waals surface area contributed by atoms with E-state index in [-0.39, 0.29) is 11.4 Å². The predicted octanol–water partition coefficient (Wildman–Crippen LogP) is 2.23. The van der Waals surface area contributed by atoms with Gasteiger partial charge in [-0.2, -0.15) is 13.2 Å². The van der Waals surface area contributed by atoms with Crippen LogP contribution in [-0.2, 0) is 6.18 Å². The molecule has 0 aliphatic carbocycles. The molecule has 0 fully saturated rings. The Hall–Kier alpha value is -2.40. The fraction of sp³-hybridized carbons (Fsp3) is 0.267. The van der Waals surface area contributed by atoms with Crippen molar-refractivity contribution < 1.29 is 36.7 Å². The third-order valence-corrected chi connectivity index (χ3v) is 3.60. The number of hydrogen-bond donors (Lipinski definition) is 2. The van der Waals surface area contributed by atoms with Crippen molar-refractivity contribution in [3.8, 4) is 11.6 Å². The second-order valence-electron chi connectivity index (χ2n) is 5.59. The third kappa shape index (κ3) is 3.73. The Morgan fingerprint density at radius 1 is 1.15 bits per heavy atom. The van der Waals surface area contributed by atoms with E-state index in [0.717, 1.165) is 19.1 Å². The van der Waals surface area contributed by atoms with E-state index in [4.69, 9.17) is 4.74 Å². The first kappa shape index (κ1) is 19.9. The maximum absolute atomic E-state index is 14.0. The lowest BCUT2D eigenvalue weighted by Crippen LogP contribution is -2.36. The standard InChI is InChI=1S/C15H14BF5N2O3/c1-7-8(15(19,20)21)6-22-14(11(7)16(24)25)26-10-5-4-9(17)12(18)13(10)23(2)3/h4-6,24-25H,1-3H3. The number of benzene rings is 1. The normalized spacial score (nSPS) is 11.5. The van der Waals surface area contributed by atoms with Crippen molar-refractivity contribution in [2.45, 2.75) is 13.1 Å². The summed E-state index contributed by atoms with van der Waals surface area (Å²) in [5, 5.41) is 18.9. The highest BCUT2D eigenvalue weighted by atomic mass is 19.4. The summed E-state index contributed by atoms with van der Waals surface area (Å²) < 4.78 is 71.7. The largest absolute Gasteiger partial charge is 0.494 e. The summed E-state index contributed by atoms with van der Waals surface area (Å²) in [4.78, 5) is 4.67. The highest BCUT2D eigenvalue weighted by Crippen LogP contribution is 2.36. The lowest BCUT2D eigenvalue weighted by Gasteiger charge is -2.20. The summed E-state index contributed by atoms with van der Waals surface area (Å²) >= 11 is 0. The summed E-state index contributed by atoms with van der Waals surface area (Å²) in [6.07, 6.45) is -4.30. The maximum Gasteiger partial charge on any atom is 0.494 e. The Bertz CT molecular complexity index is 828. The van der Waals surface area contributed by atoms with E-state index < -0.39 is 47.4 Å². The molecular formula is C15H14BF5N2O3. The lowest BCUT2D eigenvalue weighted by atomic mass is 9.76. The molecule has 11 heteroatoms. The van der Waals surface area contributed by atoms with Gasteiger partial charge in [-0.25, -0.2) is 13.8 Å². The van der Waals surface area contributed by atoms with Gasteiger partial charge in [0.15, 0.2) is 17.4 Å². The van der Waals surface area contributed by atoms with Gasteiger partial charge < -0.3 is 19.7 Å². The van der Waals surface area contributed by atoms with Crippen LogP contribution in [0.2, 0.25) is 0 Å². The van der Waals surface area contributed by atoms with Gasteiger partial charge in [0.2, 0.25) is 5.88 Å². The zero-order chi connectivity index (χ0) is 19.8. The van der Waals surface area contributed by atoms with Crippen LogP contribution in [-0.4, -0.2) is 36.2 Å². The molecule has 0 unspecified atom stereocenters. The topological polar surface area (TPSA) is 65.8 Å². The van der Waals surface area contributed by atoms with Gasteiger partial charge in [0.05, 0.1) is 5.56 Å². The molecule has 2 N–H and O–H groups in total. The smallest absolute Gasteiger partial charge is 0.437 e. The van der Waals surface area contributed by atoms with Crippen molar-refractivity contribution in [3.63, 3.8) is 0 Å². The van der Waals surface area contributed by atoms with Gasteiger partial charge in [-0.05, 0) is 24.6 Å². The van der Waals surface area contributed by atoms with E-state index in [2.05, 4.69) is 4.98 Å². The predicted molar refractivity (Wildman–Crippen MR) is 84.6 cm³/mol. The molecule has 2 aromatic rings. The van der Waals surface area contributed by atoms with Gasteiger partial charge in [0.1, 0.15) is 5.69 Å². The first-order valence-electron chi connectivity index (χ1n) is 7.21. The lowest BCUT2D eigenvalue weighted by molar-refractivity contribution is -0.138. The molecular weight excluding hydrogens is 362 g/mol. The highest BCUT2D eigenvalue weighted by Gasteiger charge is 2.37. The van der Waals surface area contributed by atoms with Gasteiger partial charge >= 0.3 is 13.3 Å². The molecule has 0 radical (unpaired) electrons. The second kappa shape index (κ2) is 7.08. The average Bonchev–Trinajstić information content (AvgIpc) is 2.49. The fourth-order valence-electron chi connectivity index (χ4n) is 2.39. The minimum Gasteiger partial charge on any atom is -0.437 e. The molecule has 140 valence electrons. The van der Waals surface area contributed by atoms with Crippen molar-refractivity contribution in [2.24, 2.45) is 0 Å². The molecule has 0 amide bonds. The minimum absolute atomic E-state index is 0.262. The van der Waals surface area contributed by atoms with Crippen LogP contribution in [0.4, 0.5) is 27.6 Å². The SMILES string of the molecule is Cc1c(C(F)(F)F)cnc(Oc2ccc(F)c(F)c2N(C)C)c1B(O)O. The molecule has 0 atom stereocenters. The first-order valence-corrected chi connectivity index (χ1v) is 7.21. The Labute approximate surface area is 145 Å². The molecule has 1 aromatic heterocycles. The maximum atomic E-state index is 14.0. The molecule has 5 nitrogen and oxygen atoms in total. The van der Waals surface area contributed by atoms with Gasteiger partial charge in [0.25, 0.3) is 0 Å². The third-order valence-electron chi connectivity index (χ3n) is 3.60. The van der Waals surface area contributed by atoms with Gasteiger partial charge in [-0.15, -0.1) is 0 Å². The number of rotatable bonds is 4. The van der Waals surface area contributed by atoms with Crippen molar-refractivity contribution >= 4 is 18.3 Å². The minimum atomic E-state index is -4.77. The average molecular weight is 376 g/mol. The number of hydrogen-bond acceptors (Lipinski definition) is 5. The number of aromatic nitrogens is 1.